The van der Waals surface area contributed by atoms with Gasteiger partial charge in [0, 0.05) is 12.3 Å². The van der Waals surface area contributed by atoms with Crippen molar-refractivity contribution in [2.75, 3.05) is 29.4 Å². The summed E-state index contributed by atoms with van der Waals surface area (Å²) in [6.45, 7) is 0.0791. The van der Waals surface area contributed by atoms with Crippen LogP contribution in [0.2, 0.25) is 0 Å². The Hall–Kier alpha value is -3.66. The first kappa shape index (κ1) is 20.6. The van der Waals surface area contributed by atoms with Crippen LogP contribution in [-0.2, 0) is 14.8 Å². The quantitative estimate of drug-likeness (QED) is 0.629. The van der Waals surface area contributed by atoms with Crippen LogP contribution in [0.3, 0.4) is 0 Å². The number of anilines is 2. The van der Waals surface area contributed by atoms with Gasteiger partial charge < -0.3 is 14.8 Å². The molecule has 0 saturated carbocycles. The Morgan fingerprint density at radius 2 is 1.87 bits per heavy atom. The monoisotopic (exact) mass is 443 g/mol. The van der Waals surface area contributed by atoms with Crippen molar-refractivity contribution in [3.8, 4) is 11.5 Å². The van der Waals surface area contributed by atoms with E-state index in [1.165, 1.54) is 42.6 Å². The lowest BCUT2D eigenvalue weighted by molar-refractivity contribution is -0.114. The molecule has 0 aliphatic carbocycles. The summed E-state index contributed by atoms with van der Waals surface area (Å²) in [6.07, 6.45) is 2.97. The van der Waals surface area contributed by atoms with Gasteiger partial charge in [0.1, 0.15) is 25.6 Å². The predicted molar refractivity (Wildman–Crippen MR) is 111 cm³/mol. The molecule has 0 fully saturated rings. The van der Waals surface area contributed by atoms with E-state index in [1.807, 2.05) is 0 Å². The number of benzene rings is 2. The zero-order valence-corrected chi connectivity index (χ0v) is 17.0. The molecule has 1 aromatic heterocycles. The minimum absolute atomic E-state index is 0.0104. The van der Waals surface area contributed by atoms with Gasteiger partial charge in [-0.3, -0.25) is 14.1 Å². The molecular weight excluding hydrogens is 425 g/mol. The van der Waals surface area contributed by atoms with Crippen molar-refractivity contribution < 1.29 is 27.1 Å². The van der Waals surface area contributed by atoms with Crippen molar-refractivity contribution in [3.05, 3.63) is 72.8 Å². The molecule has 3 aromatic rings. The third kappa shape index (κ3) is 4.58. The van der Waals surface area contributed by atoms with Crippen molar-refractivity contribution >= 4 is 27.3 Å². The number of hydrogen-bond acceptors (Lipinski definition) is 6. The SMILES string of the molecule is O=C(CN(c1cccc(F)c1)S(=O)(=O)c1ccc2c(c1)OCCO2)Nc1cccnc1. The molecule has 1 N–H and O–H groups in total. The molecule has 1 aliphatic heterocycles. The third-order valence-corrected chi connectivity index (χ3v) is 6.20. The van der Waals surface area contributed by atoms with Gasteiger partial charge in [-0.25, -0.2) is 12.8 Å². The van der Waals surface area contributed by atoms with Crippen LogP contribution in [0.25, 0.3) is 0 Å². The number of amides is 1. The van der Waals surface area contributed by atoms with Crippen LogP contribution in [0.15, 0.2) is 71.9 Å². The Balaban J connectivity index is 1.68. The van der Waals surface area contributed by atoms with Crippen LogP contribution in [0.1, 0.15) is 0 Å². The molecule has 31 heavy (non-hydrogen) atoms. The van der Waals surface area contributed by atoms with Crippen molar-refractivity contribution in [2.24, 2.45) is 0 Å². The zero-order valence-electron chi connectivity index (χ0n) is 16.2. The lowest BCUT2D eigenvalue weighted by Gasteiger charge is -2.25. The van der Waals surface area contributed by atoms with Gasteiger partial charge in [-0.1, -0.05) is 6.07 Å². The highest BCUT2D eigenvalue weighted by atomic mass is 32.2. The predicted octanol–water partition coefficient (Wildman–Crippen LogP) is 2.83. The second kappa shape index (κ2) is 8.60. The summed E-state index contributed by atoms with van der Waals surface area (Å²) in [7, 11) is -4.24. The van der Waals surface area contributed by atoms with E-state index in [1.54, 1.807) is 18.3 Å². The van der Waals surface area contributed by atoms with E-state index < -0.39 is 28.3 Å². The molecular formula is C21H18FN3O5S. The zero-order chi connectivity index (χ0) is 21.8. The van der Waals surface area contributed by atoms with Gasteiger partial charge in [0.15, 0.2) is 11.5 Å². The number of ether oxygens (including phenoxy) is 2. The Morgan fingerprint density at radius 1 is 1.06 bits per heavy atom. The first-order valence-corrected chi connectivity index (χ1v) is 10.8. The lowest BCUT2D eigenvalue weighted by Crippen LogP contribution is -2.38. The number of hydrogen-bond donors (Lipinski definition) is 1. The fourth-order valence-electron chi connectivity index (χ4n) is 3.03. The Morgan fingerprint density at radius 3 is 2.61 bits per heavy atom. The average Bonchev–Trinajstić information content (AvgIpc) is 2.77. The second-order valence-electron chi connectivity index (χ2n) is 6.59. The van der Waals surface area contributed by atoms with Crippen molar-refractivity contribution in [1.29, 1.82) is 0 Å². The Labute approximate surface area is 178 Å². The van der Waals surface area contributed by atoms with Gasteiger partial charge >= 0.3 is 0 Å². The maximum atomic E-state index is 13.9. The highest BCUT2D eigenvalue weighted by Crippen LogP contribution is 2.34. The Bertz CT molecular complexity index is 1200. The van der Waals surface area contributed by atoms with Crippen LogP contribution in [0.4, 0.5) is 15.8 Å². The van der Waals surface area contributed by atoms with Crippen LogP contribution in [-0.4, -0.2) is 39.1 Å². The van der Waals surface area contributed by atoms with Crippen LogP contribution in [0.5, 0.6) is 11.5 Å². The van der Waals surface area contributed by atoms with Crippen molar-refractivity contribution in [1.82, 2.24) is 4.98 Å². The number of nitrogens with one attached hydrogen (secondary N) is 1. The van der Waals surface area contributed by atoms with E-state index in [0.29, 0.717) is 18.0 Å². The standard InChI is InChI=1S/C21H18FN3O5S/c22-15-3-1-5-17(11-15)25(14-21(26)24-16-4-2-8-23-13-16)31(27,28)18-6-7-19-20(12-18)30-10-9-29-19/h1-8,11-13H,9-10,14H2,(H,24,26). The van der Waals surface area contributed by atoms with Crippen molar-refractivity contribution in [3.63, 3.8) is 0 Å². The summed E-state index contributed by atoms with van der Waals surface area (Å²) in [6, 6.07) is 12.4. The number of sulfonamides is 1. The summed E-state index contributed by atoms with van der Waals surface area (Å²) >= 11 is 0. The van der Waals surface area contributed by atoms with Gasteiger partial charge in [-0.15, -0.1) is 0 Å². The highest BCUT2D eigenvalue weighted by Gasteiger charge is 2.29. The lowest BCUT2D eigenvalue weighted by atomic mass is 10.3. The number of fused-ring (bicyclic) bond motifs is 1. The molecule has 0 spiro atoms. The molecule has 0 radical (unpaired) electrons. The molecule has 2 aromatic carbocycles. The maximum absolute atomic E-state index is 13.9. The molecule has 8 nitrogen and oxygen atoms in total. The number of aromatic nitrogens is 1. The molecule has 0 unspecified atom stereocenters. The van der Waals surface area contributed by atoms with E-state index in [2.05, 4.69) is 10.3 Å². The normalized spacial score (nSPS) is 12.8. The van der Waals surface area contributed by atoms with Crippen LogP contribution < -0.4 is 19.1 Å². The first-order chi connectivity index (χ1) is 14.9. The molecule has 2 heterocycles. The number of rotatable bonds is 6. The number of pyridine rings is 1. The fourth-order valence-corrected chi connectivity index (χ4v) is 4.45. The second-order valence-corrected chi connectivity index (χ2v) is 8.45. The summed E-state index contributed by atoms with van der Waals surface area (Å²) in [5, 5.41) is 2.58. The molecule has 160 valence electrons. The van der Waals surface area contributed by atoms with Gasteiger partial charge in [-0.2, -0.15) is 0 Å². The minimum Gasteiger partial charge on any atom is -0.486 e. The number of halogens is 1. The van der Waals surface area contributed by atoms with Gasteiger partial charge in [0.2, 0.25) is 5.91 Å². The van der Waals surface area contributed by atoms with E-state index in [4.69, 9.17) is 9.47 Å². The highest BCUT2D eigenvalue weighted by molar-refractivity contribution is 7.92. The number of carbonyl (C=O) groups excluding carboxylic acids is 1. The summed E-state index contributed by atoms with van der Waals surface area (Å²) in [5.74, 6) is -0.533. The van der Waals surface area contributed by atoms with E-state index in [0.717, 1.165) is 10.4 Å². The Kier molecular flexibility index (Phi) is 5.72. The minimum atomic E-state index is -4.24. The molecule has 0 bridgehead atoms. The van der Waals surface area contributed by atoms with E-state index in [-0.39, 0.29) is 22.9 Å². The van der Waals surface area contributed by atoms with Gasteiger partial charge in [-0.05, 0) is 42.5 Å². The molecule has 0 saturated heterocycles. The summed E-state index contributed by atoms with van der Waals surface area (Å²) in [5.41, 5.74) is 0.416. The maximum Gasteiger partial charge on any atom is 0.264 e. The molecule has 1 amide bonds. The van der Waals surface area contributed by atoms with Crippen LogP contribution >= 0.6 is 0 Å². The smallest absolute Gasteiger partial charge is 0.264 e. The van der Waals surface area contributed by atoms with Gasteiger partial charge in [0.25, 0.3) is 10.0 Å². The van der Waals surface area contributed by atoms with E-state index >= 15 is 0 Å². The molecule has 10 heteroatoms. The average molecular weight is 443 g/mol. The van der Waals surface area contributed by atoms with Gasteiger partial charge in [0.05, 0.1) is 22.5 Å². The largest absolute Gasteiger partial charge is 0.486 e. The van der Waals surface area contributed by atoms with Crippen LogP contribution in [0, 0.1) is 5.82 Å². The number of carbonyl (C=O) groups is 1. The van der Waals surface area contributed by atoms with Crippen molar-refractivity contribution in [2.45, 2.75) is 4.90 Å². The number of nitrogens with zero attached hydrogens (tertiary/aromatic N) is 2. The fraction of sp³-hybridized carbons (Fsp3) is 0.143. The molecule has 0 atom stereocenters. The third-order valence-electron chi connectivity index (χ3n) is 4.43. The summed E-state index contributed by atoms with van der Waals surface area (Å²) in [4.78, 5) is 16.4. The topological polar surface area (TPSA) is 97.8 Å². The first-order valence-electron chi connectivity index (χ1n) is 9.31. The molecule has 4 rings (SSSR count). The summed E-state index contributed by atoms with van der Waals surface area (Å²) < 4.78 is 52.5. The molecule has 1 aliphatic rings. The van der Waals surface area contributed by atoms with E-state index in [9.17, 15) is 17.6 Å².